The highest BCUT2D eigenvalue weighted by Crippen LogP contribution is 2.24. The highest BCUT2D eigenvalue weighted by molar-refractivity contribution is 7.89. The van der Waals surface area contributed by atoms with Gasteiger partial charge >= 0.3 is 5.97 Å². The van der Waals surface area contributed by atoms with E-state index >= 15 is 0 Å². The van der Waals surface area contributed by atoms with Crippen molar-refractivity contribution in [3.05, 3.63) is 28.8 Å². The second-order valence-electron chi connectivity index (χ2n) is 4.95. The summed E-state index contributed by atoms with van der Waals surface area (Å²) in [5.41, 5.74) is -1.31. The molecule has 6 nitrogen and oxygen atoms in total. The van der Waals surface area contributed by atoms with E-state index < -0.39 is 27.6 Å². The number of aliphatic hydroxyl groups is 1. The van der Waals surface area contributed by atoms with E-state index in [-0.39, 0.29) is 15.5 Å². The molecular weight excluding hydrogens is 306 g/mol. The number of aliphatic hydroxyl groups excluding tert-OH is 1. The molecule has 8 heteroatoms. The first-order valence-electron chi connectivity index (χ1n) is 5.72. The average molecular weight is 322 g/mol. The van der Waals surface area contributed by atoms with E-state index in [4.69, 9.17) is 16.7 Å². The van der Waals surface area contributed by atoms with E-state index in [2.05, 4.69) is 4.72 Å². The minimum absolute atomic E-state index is 0.0936. The largest absolute Gasteiger partial charge is 0.478 e. The van der Waals surface area contributed by atoms with Gasteiger partial charge in [0.25, 0.3) is 0 Å². The lowest BCUT2D eigenvalue weighted by atomic mass is 10.0. The molecule has 0 fully saturated rings. The highest BCUT2D eigenvalue weighted by atomic mass is 35.5. The SMILES string of the molecule is CC(O)C(C)(C)NS(=O)(=O)c1cc(C(=O)O)ccc1Cl. The van der Waals surface area contributed by atoms with Crippen LogP contribution in [-0.2, 0) is 10.0 Å². The van der Waals surface area contributed by atoms with Gasteiger partial charge in [0.05, 0.1) is 22.2 Å². The molecule has 0 heterocycles. The molecule has 1 aromatic carbocycles. The summed E-state index contributed by atoms with van der Waals surface area (Å²) in [6.45, 7) is 4.45. The Labute approximate surface area is 122 Å². The Hall–Kier alpha value is -1.15. The number of rotatable bonds is 5. The summed E-state index contributed by atoms with van der Waals surface area (Å²) in [6.07, 6.45) is -0.946. The Balaban J connectivity index is 3.29. The molecule has 0 spiro atoms. The zero-order valence-electron chi connectivity index (χ0n) is 11.2. The molecule has 0 aromatic heterocycles. The predicted molar refractivity (Wildman–Crippen MR) is 74.5 cm³/mol. The third kappa shape index (κ3) is 3.69. The average Bonchev–Trinajstić information content (AvgIpc) is 2.27. The fourth-order valence-corrected chi connectivity index (χ4v) is 3.33. The number of benzene rings is 1. The van der Waals surface area contributed by atoms with Crippen LogP contribution < -0.4 is 4.72 Å². The summed E-state index contributed by atoms with van der Waals surface area (Å²) in [6, 6.07) is 3.39. The van der Waals surface area contributed by atoms with Crippen molar-refractivity contribution in [3.63, 3.8) is 0 Å². The van der Waals surface area contributed by atoms with Crippen molar-refractivity contribution in [2.45, 2.75) is 37.3 Å². The lowest BCUT2D eigenvalue weighted by Crippen LogP contribution is -2.50. The third-order valence-electron chi connectivity index (χ3n) is 2.91. The number of halogens is 1. The molecule has 20 heavy (non-hydrogen) atoms. The van der Waals surface area contributed by atoms with Gasteiger partial charge in [-0.25, -0.2) is 17.9 Å². The van der Waals surface area contributed by atoms with Crippen molar-refractivity contribution < 1.29 is 23.4 Å². The first-order chi connectivity index (χ1) is 8.97. The summed E-state index contributed by atoms with van der Waals surface area (Å²) < 4.78 is 26.8. The van der Waals surface area contributed by atoms with Gasteiger partial charge in [-0.1, -0.05) is 11.6 Å². The Kier molecular flexibility index (Phi) is 4.81. The standard InChI is InChI=1S/C12H16ClNO5S/c1-7(15)12(2,3)14-20(18,19)10-6-8(11(16)17)4-5-9(10)13/h4-7,14-15H,1-3H3,(H,16,17). The van der Waals surface area contributed by atoms with Crippen molar-refractivity contribution in [3.8, 4) is 0 Å². The second-order valence-corrected chi connectivity index (χ2v) is 7.01. The summed E-state index contributed by atoms with van der Waals surface area (Å²) in [4.78, 5) is 10.5. The fourth-order valence-electron chi connectivity index (χ4n) is 1.33. The zero-order valence-corrected chi connectivity index (χ0v) is 12.8. The van der Waals surface area contributed by atoms with Crippen molar-refractivity contribution in [1.29, 1.82) is 0 Å². The van der Waals surface area contributed by atoms with Crippen LogP contribution in [0.15, 0.2) is 23.1 Å². The first kappa shape index (κ1) is 16.9. The maximum absolute atomic E-state index is 12.2. The van der Waals surface area contributed by atoms with Crippen LogP contribution in [0.4, 0.5) is 0 Å². The molecular formula is C12H16ClNO5S. The molecule has 112 valence electrons. The van der Waals surface area contributed by atoms with Gasteiger partial charge in [0.2, 0.25) is 10.0 Å². The number of hydrogen-bond donors (Lipinski definition) is 3. The highest BCUT2D eigenvalue weighted by Gasteiger charge is 2.31. The van der Waals surface area contributed by atoms with E-state index in [9.17, 15) is 18.3 Å². The van der Waals surface area contributed by atoms with Gasteiger partial charge in [-0.2, -0.15) is 0 Å². The summed E-state index contributed by atoms with van der Waals surface area (Å²) in [5, 5.41) is 18.3. The monoisotopic (exact) mass is 321 g/mol. The molecule has 3 N–H and O–H groups in total. The Morgan fingerprint density at radius 3 is 2.40 bits per heavy atom. The van der Waals surface area contributed by atoms with Gasteiger partial charge in [-0.15, -0.1) is 0 Å². The van der Waals surface area contributed by atoms with Crippen molar-refractivity contribution in [1.82, 2.24) is 4.72 Å². The number of carbonyl (C=O) groups is 1. The van der Waals surface area contributed by atoms with Crippen LogP contribution in [0.1, 0.15) is 31.1 Å². The van der Waals surface area contributed by atoms with Gasteiger partial charge in [0.15, 0.2) is 0 Å². The van der Waals surface area contributed by atoms with E-state index in [0.29, 0.717) is 0 Å². The van der Waals surface area contributed by atoms with Crippen molar-refractivity contribution in [2.24, 2.45) is 0 Å². The van der Waals surface area contributed by atoms with E-state index in [1.54, 1.807) is 0 Å². The van der Waals surface area contributed by atoms with Crippen LogP contribution in [-0.4, -0.2) is 36.2 Å². The van der Waals surface area contributed by atoms with Crippen molar-refractivity contribution in [2.75, 3.05) is 0 Å². The molecule has 0 bridgehead atoms. The van der Waals surface area contributed by atoms with Gasteiger partial charge in [-0.05, 0) is 39.0 Å². The number of sulfonamides is 1. The number of carboxylic acids is 1. The Morgan fingerprint density at radius 1 is 1.40 bits per heavy atom. The molecule has 0 saturated carbocycles. The molecule has 0 aliphatic rings. The molecule has 0 aliphatic carbocycles. The summed E-state index contributed by atoms with van der Waals surface area (Å²) in [7, 11) is -4.05. The van der Waals surface area contributed by atoms with Crippen LogP contribution >= 0.6 is 11.6 Å². The number of carboxylic acid groups (broad SMARTS) is 1. The quantitative estimate of drug-likeness (QED) is 0.762. The van der Waals surface area contributed by atoms with Crippen molar-refractivity contribution >= 4 is 27.6 Å². The minimum Gasteiger partial charge on any atom is -0.478 e. The zero-order chi connectivity index (χ0) is 15.7. The lowest BCUT2D eigenvalue weighted by molar-refractivity contribution is 0.0696. The van der Waals surface area contributed by atoms with E-state index in [1.165, 1.54) is 32.9 Å². The Bertz CT molecular complexity index is 625. The molecule has 0 radical (unpaired) electrons. The van der Waals surface area contributed by atoms with Crippen LogP contribution in [0.2, 0.25) is 5.02 Å². The van der Waals surface area contributed by atoms with Crippen LogP contribution in [0.25, 0.3) is 0 Å². The van der Waals surface area contributed by atoms with Gasteiger partial charge in [0, 0.05) is 0 Å². The maximum atomic E-state index is 12.2. The molecule has 1 rings (SSSR count). The summed E-state index contributed by atoms with van der Waals surface area (Å²) >= 11 is 5.82. The number of aromatic carboxylic acids is 1. The number of nitrogens with one attached hydrogen (secondary N) is 1. The maximum Gasteiger partial charge on any atom is 0.335 e. The molecule has 0 saturated heterocycles. The van der Waals surface area contributed by atoms with Crippen LogP contribution in [0, 0.1) is 0 Å². The summed E-state index contributed by atoms with van der Waals surface area (Å²) in [5.74, 6) is -1.26. The molecule has 1 aromatic rings. The van der Waals surface area contributed by atoms with Crippen LogP contribution in [0.3, 0.4) is 0 Å². The van der Waals surface area contributed by atoms with E-state index in [0.717, 1.165) is 6.07 Å². The predicted octanol–water partition coefficient (Wildman–Crippen LogP) is 1.48. The first-order valence-corrected chi connectivity index (χ1v) is 7.58. The molecule has 1 unspecified atom stereocenters. The number of hydrogen-bond acceptors (Lipinski definition) is 4. The third-order valence-corrected chi connectivity index (χ3v) is 5.06. The normalized spacial score (nSPS) is 14.1. The molecule has 0 aliphatic heterocycles. The second kappa shape index (κ2) is 5.69. The van der Waals surface area contributed by atoms with Crippen LogP contribution in [0.5, 0.6) is 0 Å². The van der Waals surface area contributed by atoms with E-state index in [1.807, 2.05) is 0 Å². The fraction of sp³-hybridized carbons (Fsp3) is 0.417. The molecule has 0 amide bonds. The van der Waals surface area contributed by atoms with Gasteiger partial charge in [-0.3, -0.25) is 0 Å². The van der Waals surface area contributed by atoms with Gasteiger partial charge < -0.3 is 10.2 Å². The smallest absolute Gasteiger partial charge is 0.335 e. The van der Waals surface area contributed by atoms with Gasteiger partial charge in [0.1, 0.15) is 4.90 Å². The Morgan fingerprint density at radius 2 is 1.95 bits per heavy atom. The molecule has 1 atom stereocenters. The minimum atomic E-state index is -4.05. The lowest BCUT2D eigenvalue weighted by Gasteiger charge is -2.29. The topological polar surface area (TPSA) is 104 Å².